The first kappa shape index (κ1) is 9.68. The molecule has 0 amide bonds. The summed E-state index contributed by atoms with van der Waals surface area (Å²) in [7, 11) is 0. The van der Waals surface area contributed by atoms with Crippen molar-refractivity contribution in [3.05, 3.63) is 29.3 Å². The van der Waals surface area contributed by atoms with Gasteiger partial charge in [-0.3, -0.25) is 4.79 Å². The number of alkyl halides is 1. The molecular weight excluding hydrogens is 262 g/mol. The van der Waals surface area contributed by atoms with Gasteiger partial charge in [-0.1, -0.05) is 34.1 Å². The monoisotopic (exact) mass is 269 g/mol. The van der Waals surface area contributed by atoms with Crippen LogP contribution in [0.3, 0.4) is 0 Å². The number of anilines is 1. The van der Waals surface area contributed by atoms with Crippen molar-refractivity contribution in [1.82, 2.24) is 0 Å². The Labute approximate surface area is 93.9 Å². The van der Waals surface area contributed by atoms with E-state index in [4.69, 9.17) is 5.73 Å². The van der Waals surface area contributed by atoms with E-state index in [-0.39, 0.29) is 0 Å². The Hall–Kier alpha value is -0.870. The number of carbonyl (C=O) groups excluding carboxylic acids is 1. The first-order valence-corrected chi connectivity index (χ1v) is 6.02. The Bertz CT molecular complexity index is 492. The maximum Gasteiger partial charge on any atom is 0.153 e. The van der Waals surface area contributed by atoms with Crippen LogP contribution in [0.15, 0.2) is 18.2 Å². The summed E-state index contributed by atoms with van der Waals surface area (Å²) in [5, 5.41) is 2.34. The van der Waals surface area contributed by atoms with Gasteiger partial charge in [0.1, 0.15) is 0 Å². The van der Waals surface area contributed by atoms with Crippen LogP contribution in [0.4, 0.5) is 5.00 Å². The third-order valence-corrected chi connectivity index (χ3v) is 3.86. The summed E-state index contributed by atoms with van der Waals surface area (Å²) in [6.07, 6.45) is 0.826. The maximum absolute atomic E-state index is 10.8. The molecule has 0 radical (unpaired) electrons. The quantitative estimate of drug-likeness (QED) is 0.672. The molecule has 0 aliphatic carbocycles. The number of hydrogen-bond donors (Lipinski definition) is 1. The van der Waals surface area contributed by atoms with Gasteiger partial charge in [-0.05, 0) is 5.56 Å². The van der Waals surface area contributed by atoms with E-state index in [0.29, 0.717) is 10.6 Å². The van der Waals surface area contributed by atoms with Gasteiger partial charge in [0.25, 0.3) is 0 Å². The lowest BCUT2D eigenvalue weighted by Gasteiger charge is -1.96. The lowest BCUT2D eigenvalue weighted by molar-refractivity contribution is 0.112. The second-order valence-corrected chi connectivity index (χ2v) is 4.54. The Morgan fingerprint density at radius 2 is 2.29 bits per heavy atom. The van der Waals surface area contributed by atoms with E-state index >= 15 is 0 Å². The number of fused-ring (bicyclic) bond motifs is 1. The van der Waals surface area contributed by atoms with Crippen molar-refractivity contribution in [3.8, 4) is 0 Å². The molecule has 1 aromatic heterocycles. The Kier molecular flexibility index (Phi) is 2.56. The summed E-state index contributed by atoms with van der Waals surface area (Å²) >= 11 is 4.88. The summed E-state index contributed by atoms with van der Waals surface area (Å²) in [6, 6.07) is 5.90. The summed E-state index contributed by atoms with van der Waals surface area (Å²) < 4.78 is 1.10. The Balaban J connectivity index is 2.85. The highest BCUT2D eigenvalue weighted by molar-refractivity contribution is 9.08. The van der Waals surface area contributed by atoms with Gasteiger partial charge in [-0.2, -0.15) is 0 Å². The SMILES string of the molecule is Nc1sc2c(CBr)cccc2c1C=O. The molecule has 2 N–H and O–H groups in total. The van der Waals surface area contributed by atoms with Crippen molar-refractivity contribution in [3.63, 3.8) is 0 Å². The molecule has 1 aromatic carbocycles. The fourth-order valence-electron chi connectivity index (χ4n) is 1.44. The number of rotatable bonds is 2. The number of hydrogen-bond acceptors (Lipinski definition) is 3. The zero-order valence-corrected chi connectivity index (χ0v) is 9.69. The zero-order valence-electron chi connectivity index (χ0n) is 7.29. The zero-order chi connectivity index (χ0) is 10.1. The summed E-state index contributed by atoms with van der Waals surface area (Å²) in [6.45, 7) is 0. The summed E-state index contributed by atoms with van der Waals surface area (Å²) in [5.74, 6) is 0. The van der Waals surface area contributed by atoms with E-state index in [1.54, 1.807) is 0 Å². The van der Waals surface area contributed by atoms with Crippen molar-refractivity contribution in [2.45, 2.75) is 5.33 Å². The van der Waals surface area contributed by atoms with Crippen LogP contribution in [0, 0.1) is 0 Å². The number of nitrogen functional groups attached to an aromatic ring is 1. The minimum Gasteiger partial charge on any atom is -0.390 e. The number of benzene rings is 1. The molecule has 2 nitrogen and oxygen atoms in total. The van der Waals surface area contributed by atoms with Crippen molar-refractivity contribution in [2.75, 3.05) is 5.73 Å². The third kappa shape index (κ3) is 1.35. The van der Waals surface area contributed by atoms with Crippen LogP contribution < -0.4 is 5.73 Å². The molecular formula is C10H8BrNOS. The van der Waals surface area contributed by atoms with Gasteiger partial charge >= 0.3 is 0 Å². The van der Waals surface area contributed by atoms with Crippen LogP contribution in [0.1, 0.15) is 15.9 Å². The predicted molar refractivity (Wildman–Crippen MR) is 64.3 cm³/mol. The molecule has 0 aliphatic heterocycles. The first-order valence-electron chi connectivity index (χ1n) is 4.09. The maximum atomic E-state index is 10.8. The molecule has 14 heavy (non-hydrogen) atoms. The van der Waals surface area contributed by atoms with Crippen LogP contribution >= 0.6 is 27.3 Å². The van der Waals surface area contributed by atoms with Crippen molar-refractivity contribution in [1.29, 1.82) is 0 Å². The van der Waals surface area contributed by atoms with Crippen LogP contribution in [0.25, 0.3) is 10.1 Å². The van der Waals surface area contributed by atoms with Crippen LogP contribution in [-0.2, 0) is 5.33 Å². The van der Waals surface area contributed by atoms with Gasteiger partial charge in [0.2, 0.25) is 0 Å². The highest BCUT2D eigenvalue weighted by Crippen LogP contribution is 2.35. The molecule has 72 valence electrons. The molecule has 0 unspecified atom stereocenters. The van der Waals surface area contributed by atoms with Crippen LogP contribution in [-0.4, -0.2) is 6.29 Å². The number of aldehydes is 1. The molecule has 0 aliphatic rings. The van der Waals surface area contributed by atoms with Crippen molar-refractivity contribution >= 4 is 48.6 Å². The van der Waals surface area contributed by atoms with E-state index in [0.717, 1.165) is 21.7 Å². The largest absolute Gasteiger partial charge is 0.390 e. The van der Waals surface area contributed by atoms with E-state index in [2.05, 4.69) is 15.9 Å². The lowest BCUT2D eigenvalue weighted by atomic mass is 10.1. The van der Waals surface area contributed by atoms with Gasteiger partial charge < -0.3 is 5.73 Å². The average molecular weight is 270 g/mol. The minimum atomic E-state index is 0.600. The minimum absolute atomic E-state index is 0.600. The smallest absolute Gasteiger partial charge is 0.153 e. The molecule has 0 spiro atoms. The van der Waals surface area contributed by atoms with Gasteiger partial charge in [0.15, 0.2) is 6.29 Å². The van der Waals surface area contributed by atoms with E-state index in [1.807, 2.05) is 18.2 Å². The highest BCUT2D eigenvalue weighted by Gasteiger charge is 2.10. The van der Waals surface area contributed by atoms with Gasteiger partial charge in [-0.25, -0.2) is 0 Å². The standard InChI is InChI=1S/C10H8BrNOS/c11-4-6-2-1-3-7-8(5-13)10(12)14-9(6)7/h1-3,5H,4,12H2. The molecule has 1 heterocycles. The van der Waals surface area contributed by atoms with Gasteiger partial charge in [-0.15, -0.1) is 11.3 Å². The Morgan fingerprint density at radius 3 is 2.93 bits per heavy atom. The predicted octanol–water partition coefficient (Wildman–Crippen LogP) is 3.19. The van der Waals surface area contributed by atoms with E-state index in [1.165, 1.54) is 16.9 Å². The molecule has 0 atom stereocenters. The highest BCUT2D eigenvalue weighted by atomic mass is 79.9. The summed E-state index contributed by atoms with van der Waals surface area (Å²) in [5.41, 5.74) is 7.55. The fraction of sp³-hybridized carbons (Fsp3) is 0.100. The number of nitrogens with two attached hydrogens (primary N) is 1. The normalized spacial score (nSPS) is 10.6. The van der Waals surface area contributed by atoms with Gasteiger partial charge in [0.05, 0.1) is 10.6 Å². The van der Waals surface area contributed by atoms with Gasteiger partial charge in [0, 0.05) is 15.4 Å². The topological polar surface area (TPSA) is 43.1 Å². The lowest BCUT2D eigenvalue weighted by Crippen LogP contribution is -1.85. The molecule has 4 heteroatoms. The number of halogens is 1. The van der Waals surface area contributed by atoms with Crippen LogP contribution in [0.2, 0.25) is 0 Å². The second-order valence-electron chi connectivity index (χ2n) is 2.93. The number of carbonyl (C=O) groups is 1. The molecule has 2 rings (SSSR count). The van der Waals surface area contributed by atoms with E-state index in [9.17, 15) is 4.79 Å². The Morgan fingerprint density at radius 1 is 1.50 bits per heavy atom. The first-order chi connectivity index (χ1) is 6.77. The fourth-order valence-corrected chi connectivity index (χ4v) is 3.14. The third-order valence-electron chi connectivity index (χ3n) is 2.13. The number of thiophene rings is 1. The second kappa shape index (κ2) is 3.71. The average Bonchev–Trinajstić information content (AvgIpc) is 2.52. The molecule has 0 saturated heterocycles. The van der Waals surface area contributed by atoms with Crippen molar-refractivity contribution < 1.29 is 4.79 Å². The molecule has 0 fully saturated rings. The molecule has 0 bridgehead atoms. The molecule has 0 saturated carbocycles. The van der Waals surface area contributed by atoms with Crippen LogP contribution in [0.5, 0.6) is 0 Å². The van der Waals surface area contributed by atoms with Crippen molar-refractivity contribution in [2.24, 2.45) is 0 Å². The molecule has 2 aromatic rings. The van der Waals surface area contributed by atoms with E-state index < -0.39 is 0 Å². The summed E-state index contributed by atoms with van der Waals surface area (Å²) in [4.78, 5) is 10.8.